The second kappa shape index (κ2) is 7.30. The first-order valence-electron chi connectivity index (χ1n) is 8.34. The number of rotatable bonds is 5. The molecule has 3 rings (SSSR count). The van der Waals surface area contributed by atoms with Gasteiger partial charge in [0, 0.05) is 25.2 Å². The summed E-state index contributed by atoms with van der Waals surface area (Å²) in [6.45, 7) is 3.38. The Balaban J connectivity index is 1.55. The first kappa shape index (κ1) is 16.2. The van der Waals surface area contributed by atoms with Crippen LogP contribution in [0.3, 0.4) is 0 Å². The number of nitrogens with zero attached hydrogens (tertiary/aromatic N) is 1. The normalized spacial score (nSPS) is 14.0. The second-order valence-electron chi connectivity index (χ2n) is 6.20. The number of benzene rings is 2. The smallest absolute Gasteiger partial charge is 0.227 e. The average Bonchev–Trinajstić information content (AvgIpc) is 3.01. The maximum Gasteiger partial charge on any atom is 0.227 e. The van der Waals surface area contributed by atoms with Crippen molar-refractivity contribution in [2.24, 2.45) is 0 Å². The molecule has 0 saturated carbocycles. The van der Waals surface area contributed by atoms with Gasteiger partial charge in [-0.25, -0.2) is 0 Å². The minimum atomic E-state index is 0.00301. The van der Waals surface area contributed by atoms with E-state index in [0.29, 0.717) is 19.4 Å². The predicted molar refractivity (Wildman–Crippen MR) is 94.8 cm³/mol. The zero-order valence-electron chi connectivity index (χ0n) is 13.9. The largest absolute Gasteiger partial charge is 0.352 e. The quantitative estimate of drug-likeness (QED) is 0.920. The molecular weight excluding hydrogens is 300 g/mol. The summed E-state index contributed by atoms with van der Waals surface area (Å²) < 4.78 is 0. The Hall–Kier alpha value is -2.62. The minimum Gasteiger partial charge on any atom is -0.352 e. The molecule has 1 fully saturated rings. The zero-order chi connectivity index (χ0) is 16.9. The van der Waals surface area contributed by atoms with Gasteiger partial charge in [0.25, 0.3) is 0 Å². The lowest BCUT2D eigenvalue weighted by Crippen LogP contribution is -2.25. The van der Waals surface area contributed by atoms with Gasteiger partial charge in [-0.1, -0.05) is 36.4 Å². The van der Waals surface area contributed by atoms with Crippen molar-refractivity contribution in [1.82, 2.24) is 5.32 Å². The maximum absolute atomic E-state index is 12.1. The van der Waals surface area contributed by atoms with Gasteiger partial charge in [0.05, 0.1) is 6.42 Å². The fourth-order valence-corrected chi connectivity index (χ4v) is 2.97. The predicted octanol–water partition coefficient (Wildman–Crippen LogP) is 2.98. The average molecular weight is 322 g/mol. The van der Waals surface area contributed by atoms with Gasteiger partial charge in [0.15, 0.2) is 0 Å². The molecule has 1 saturated heterocycles. The molecule has 2 amide bonds. The van der Waals surface area contributed by atoms with Crippen molar-refractivity contribution in [2.45, 2.75) is 32.7 Å². The van der Waals surface area contributed by atoms with Crippen molar-refractivity contribution in [2.75, 3.05) is 11.4 Å². The topological polar surface area (TPSA) is 49.4 Å². The number of carbonyl (C=O) groups excluding carboxylic acids is 2. The summed E-state index contributed by atoms with van der Waals surface area (Å²) in [6, 6.07) is 15.7. The fourth-order valence-electron chi connectivity index (χ4n) is 2.97. The maximum atomic E-state index is 12.1. The number of nitrogens with one attached hydrogen (secondary N) is 1. The monoisotopic (exact) mass is 322 g/mol. The second-order valence-corrected chi connectivity index (χ2v) is 6.20. The lowest BCUT2D eigenvalue weighted by atomic mass is 10.1. The first-order chi connectivity index (χ1) is 11.6. The van der Waals surface area contributed by atoms with E-state index in [4.69, 9.17) is 0 Å². The molecule has 1 aliphatic rings. The molecule has 0 spiro atoms. The number of carbonyl (C=O) groups is 2. The van der Waals surface area contributed by atoms with Gasteiger partial charge >= 0.3 is 0 Å². The van der Waals surface area contributed by atoms with Gasteiger partial charge in [0.1, 0.15) is 0 Å². The van der Waals surface area contributed by atoms with Gasteiger partial charge in [-0.2, -0.15) is 0 Å². The van der Waals surface area contributed by atoms with Crippen LogP contribution in [0.4, 0.5) is 5.69 Å². The van der Waals surface area contributed by atoms with Crippen molar-refractivity contribution in [3.05, 3.63) is 65.2 Å². The van der Waals surface area contributed by atoms with Gasteiger partial charge in [0.2, 0.25) is 11.8 Å². The fraction of sp³-hybridized carbons (Fsp3) is 0.300. The number of aryl methyl sites for hydroxylation is 1. The Labute approximate surface area is 142 Å². The summed E-state index contributed by atoms with van der Waals surface area (Å²) in [7, 11) is 0. The number of anilines is 1. The summed E-state index contributed by atoms with van der Waals surface area (Å²) >= 11 is 0. The van der Waals surface area contributed by atoms with Crippen molar-refractivity contribution >= 4 is 17.5 Å². The van der Waals surface area contributed by atoms with E-state index < -0.39 is 0 Å². The highest BCUT2D eigenvalue weighted by molar-refractivity contribution is 5.95. The molecule has 1 N–H and O–H groups in total. The van der Waals surface area contributed by atoms with Crippen molar-refractivity contribution in [3.8, 4) is 0 Å². The van der Waals surface area contributed by atoms with Crippen molar-refractivity contribution in [3.63, 3.8) is 0 Å². The molecule has 4 heteroatoms. The third kappa shape index (κ3) is 3.82. The van der Waals surface area contributed by atoms with Crippen LogP contribution in [0.15, 0.2) is 48.5 Å². The molecule has 0 aromatic heterocycles. The lowest BCUT2D eigenvalue weighted by Gasteiger charge is -2.16. The molecule has 0 radical (unpaired) electrons. The van der Waals surface area contributed by atoms with Crippen LogP contribution in [0.2, 0.25) is 0 Å². The molecule has 2 aromatic rings. The summed E-state index contributed by atoms with van der Waals surface area (Å²) in [5, 5.41) is 2.96. The van der Waals surface area contributed by atoms with E-state index in [2.05, 4.69) is 5.32 Å². The van der Waals surface area contributed by atoms with Gasteiger partial charge in [-0.3, -0.25) is 9.59 Å². The Morgan fingerprint density at radius 1 is 1.12 bits per heavy atom. The van der Waals surface area contributed by atoms with Crippen LogP contribution < -0.4 is 10.2 Å². The summed E-state index contributed by atoms with van der Waals surface area (Å²) in [5.74, 6) is 0.182. The SMILES string of the molecule is Cc1ccccc1CNC(=O)Cc1ccc(N2CCCC2=O)cc1. The van der Waals surface area contributed by atoms with Crippen LogP contribution in [-0.2, 0) is 22.6 Å². The van der Waals surface area contributed by atoms with E-state index in [0.717, 1.165) is 29.8 Å². The highest BCUT2D eigenvalue weighted by atomic mass is 16.2. The van der Waals surface area contributed by atoms with Crippen molar-refractivity contribution < 1.29 is 9.59 Å². The van der Waals surface area contributed by atoms with Gasteiger partial charge < -0.3 is 10.2 Å². The van der Waals surface area contributed by atoms with Crippen molar-refractivity contribution in [1.29, 1.82) is 0 Å². The van der Waals surface area contributed by atoms with E-state index in [1.807, 2.05) is 60.4 Å². The molecule has 1 heterocycles. The number of hydrogen-bond acceptors (Lipinski definition) is 2. The van der Waals surface area contributed by atoms with Crippen LogP contribution in [-0.4, -0.2) is 18.4 Å². The van der Waals surface area contributed by atoms with E-state index in [1.54, 1.807) is 0 Å². The van der Waals surface area contributed by atoms with Gasteiger partial charge in [-0.05, 0) is 42.2 Å². The van der Waals surface area contributed by atoms with E-state index in [9.17, 15) is 9.59 Å². The van der Waals surface area contributed by atoms with Crippen LogP contribution in [0.1, 0.15) is 29.5 Å². The number of hydrogen-bond donors (Lipinski definition) is 1. The molecule has 0 unspecified atom stereocenters. The summed E-state index contributed by atoms with van der Waals surface area (Å²) in [6.07, 6.45) is 1.89. The molecular formula is C20H22N2O2. The summed E-state index contributed by atoms with van der Waals surface area (Å²) in [5.41, 5.74) is 4.18. The lowest BCUT2D eigenvalue weighted by molar-refractivity contribution is -0.120. The third-order valence-electron chi connectivity index (χ3n) is 4.42. The standard InChI is InChI=1S/C20H22N2O2/c1-15-5-2-3-6-17(15)14-21-19(23)13-16-8-10-18(11-9-16)22-12-4-7-20(22)24/h2-3,5-6,8-11H,4,7,12-14H2,1H3,(H,21,23). The Bertz CT molecular complexity index is 738. The molecule has 24 heavy (non-hydrogen) atoms. The molecule has 0 atom stereocenters. The Kier molecular flexibility index (Phi) is 4.94. The van der Waals surface area contributed by atoms with E-state index in [-0.39, 0.29) is 11.8 Å². The molecule has 1 aliphatic heterocycles. The van der Waals surface area contributed by atoms with E-state index in [1.165, 1.54) is 5.56 Å². The van der Waals surface area contributed by atoms with Crippen LogP contribution in [0.5, 0.6) is 0 Å². The van der Waals surface area contributed by atoms with Gasteiger partial charge in [-0.15, -0.1) is 0 Å². The minimum absolute atomic E-state index is 0.00301. The highest BCUT2D eigenvalue weighted by Crippen LogP contribution is 2.21. The van der Waals surface area contributed by atoms with Crippen LogP contribution in [0.25, 0.3) is 0 Å². The third-order valence-corrected chi connectivity index (χ3v) is 4.42. The zero-order valence-corrected chi connectivity index (χ0v) is 13.9. The molecule has 0 bridgehead atoms. The molecule has 0 aliphatic carbocycles. The highest BCUT2D eigenvalue weighted by Gasteiger charge is 2.21. The van der Waals surface area contributed by atoms with Crippen LogP contribution in [0, 0.1) is 6.92 Å². The Morgan fingerprint density at radius 3 is 2.54 bits per heavy atom. The Morgan fingerprint density at radius 2 is 1.88 bits per heavy atom. The first-order valence-corrected chi connectivity index (χ1v) is 8.34. The van der Waals surface area contributed by atoms with Crippen LogP contribution >= 0.6 is 0 Å². The number of amides is 2. The molecule has 124 valence electrons. The van der Waals surface area contributed by atoms with E-state index >= 15 is 0 Å². The molecule has 2 aromatic carbocycles. The summed E-state index contributed by atoms with van der Waals surface area (Å²) in [4.78, 5) is 25.7. The molecule has 4 nitrogen and oxygen atoms in total.